The number of nitrogens with zero attached hydrogens (tertiary/aromatic N) is 4. The van der Waals surface area contributed by atoms with Gasteiger partial charge in [0.2, 0.25) is 0 Å². The Morgan fingerprint density at radius 2 is 2.40 bits per heavy atom. The molecule has 1 atom stereocenters. The van der Waals surface area contributed by atoms with Crippen molar-refractivity contribution in [3.63, 3.8) is 0 Å². The number of carbonyl (C=O) groups excluding carboxylic acids is 1. The van der Waals surface area contributed by atoms with Gasteiger partial charge in [-0.1, -0.05) is 5.21 Å². The lowest BCUT2D eigenvalue weighted by molar-refractivity contribution is -0.0295. The molecule has 0 aliphatic carbocycles. The van der Waals surface area contributed by atoms with E-state index in [-0.39, 0.29) is 17.7 Å². The number of esters is 1. The molecule has 0 radical (unpaired) electrons. The van der Waals surface area contributed by atoms with E-state index in [1.165, 1.54) is 0 Å². The van der Waals surface area contributed by atoms with Crippen molar-refractivity contribution in [2.24, 2.45) is 0 Å². The molecule has 1 saturated heterocycles. The van der Waals surface area contributed by atoms with Gasteiger partial charge in [-0.25, -0.2) is 9.48 Å². The Morgan fingerprint density at radius 1 is 1.60 bits per heavy atom. The molecule has 0 bridgehead atoms. The highest BCUT2D eigenvalue weighted by Gasteiger charge is 2.24. The van der Waals surface area contributed by atoms with Gasteiger partial charge in [0.25, 0.3) is 0 Å². The number of aromatic nitrogens is 3. The zero-order chi connectivity index (χ0) is 14.5. The van der Waals surface area contributed by atoms with Crippen molar-refractivity contribution < 1.29 is 14.3 Å². The van der Waals surface area contributed by atoms with Crippen molar-refractivity contribution in [3.05, 3.63) is 11.4 Å². The van der Waals surface area contributed by atoms with Crippen LogP contribution in [0, 0.1) is 0 Å². The highest BCUT2D eigenvalue weighted by atomic mass is 35.5. The first-order valence-electron chi connectivity index (χ1n) is 6.61. The molecule has 7 nitrogen and oxygen atoms in total. The molecule has 1 aromatic rings. The SMILES string of the molecule is CCOC(=O)c1nnn(CC2CN(C)CCO2)c1CCl. The quantitative estimate of drug-likeness (QED) is 0.583. The van der Waals surface area contributed by atoms with Gasteiger partial charge < -0.3 is 14.4 Å². The zero-order valence-electron chi connectivity index (χ0n) is 11.7. The average molecular weight is 303 g/mol. The number of morpholine rings is 1. The van der Waals surface area contributed by atoms with Crippen molar-refractivity contribution >= 4 is 17.6 Å². The van der Waals surface area contributed by atoms with Crippen LogP contribution in [0.15, 0.2) is 0 Å². The fourth-order valence-corrected chi connectivity index (χ4v) is 2.40. The molecule has 20 heavy (non-hydrogen) atoms. The fourth-order valence-electron chi connectivity index (χ4n) is 2.14. The molecule has 2 heterocycles. The number of alkyl halides is 1. The largest absolute Gasteiger partial charge is 0.461 e. The Hall–Kier alpha value is -1.18. The van der Waals surface area contributed by atoms with Crippen molar-refractivity contribution in [3.8, 4) is 0 Å². The summed E-state index contributed by atoms with van der Waals surface area (Å²) in [5, 5.41) is 7.87. The summed E-state index contributed by atoms with van der Waals surface area (Å²) in [5.74, 6) is -0.333. The molecule has 1 aliphatic heterocycles. The summed E-state index contributed by atoms with van der Waals surface area (Å²) < 4.78 is 12.2. The van der Waals surface area contributed by atoms with E-state index in [2.05, 4.69) is 15.2 Å². The minimum absolute atomic E-state index is 0.0208. The third-order valence-electron chi connectivity index (χ3n) is 3.15. The lowest BCUT2D eigenvalue weighted by Crippen LogP contribution is -2.42. The van der Waals surface area contributed by atoms with Crippen molar-refractivity contribution in [2.75, 3.05) is 33.4 Å². The molecule has 112 valence electrons. The van der Waals surface area contributed by atoms with E-state index in [1.54, 1.807) is 11.6 Å². The standard InChI is InChI=1S/C12H19ClN4O3/c1-3-19-12(18)11-10(6-13)17(15-14-11)8-9-7-16(2)4-5-20-9/h9H,3-8H2,1-2H3. The summed E-state index contributed by atoms with van der Waals surface area (Å²) in [4.78, 5) is 13.9. The molecule has 0 spiro atoms. The Morgan fingerprint density at radius 3 is 3.05 bits per heavy atom. The van der Waals surface area contributed by atoms with Gasteiger partial charge in [-0.2, -0.15) is 0 Å². The summed E-state index contributed by atoms with van der Waals surface area (Å²) in [6, 6.07) is 0. The van der Waals surface area contributed by atoms with Gasteiger partial charge >= 0.3 is 5.97 Å². The number of halogens is 1. The highest BCUT2D eigenvalue weighted by Crippen LogP contribution is 2.13. The van der Waals surface area contributed by atoms with Crippen LogP contribution in [0.2, 0.25) is 0 Å². The summed E-state index contributed by atoms with van der Waals surface area (Å²) in [7, 11) is 2.05. The molecule has 0 saturated carbocycles. The summed E-state index contributed by atoms with van der Waals surface area (Å²) in [6.07, 6.45) is 0.0208. The maximum atomic E-state index is 11.7. The van der Waals surface area contributed by atoms with Gasteiger partial charge in [-0.05, 0) is 14.0 Å². The average Bonchev–Trinajstić information content (AvgIpc) is 2.82. The molecule has 1 unspecified atom stereocenters. The van der Waals surface area contributed by atoms with Crippen molar-refractivity contribution in [1.29, 1.82) is 0 Å². The first-order chi connectivity index (χ1) is 9.65. The van der Waals surface area contributed by atoms with E-state index in [4.69, 9.17) is 21.1 Å². The van der Waals surface area contributed by atoms with Crippen LogP contribution >= 0.6 is 11.6 Å². The van der Waals surface area contributed by atoms with Crippen LogP contribution in [-0.2, 0) is 21.9 Å². The first kappa shape index (κ1) is 15.2. The van der Waals surface area contributed by atoms with E-state index in [1.807, 2.05) is 7.05 Å². The van der Waals surface area contributed by atoms with Gasteiger partial charge in [0.1, 0.15) is 0 Å². The van der Waals surface area contributed by atoms with Crippen LogP contribution in [0.3, 0.4) is 0 Å². The number of hydrogen-bond acceptors (Lipinski definition) is 6. The zero-order valence-corrected chi connectivity index (χ0v) is 12.5. The predicted octanol–water partition coefficient (Wildman–Crippen LogP) is 0.524. The Labute approximate surface area is 122 Å². The number of likely N-dealkylation sites (N-methyl/N-ethyl adjacent to an activating group) is 1. The first-order valence-corrected chi connectivity index (χ1v) is 7.14. The minimum Gasteiger partial charge on any atom is -0.461 e. The third-order valence-corrected chi connectivity index (χ3v) is 3.40. The van der Waals surface area contributed by atoms with Crippen LogP contribution in [0.4, 0.5) is 0 Å². The topological polar surface area (TPSA) is 69.5 Å². The lowest BCUT2D eigenvalue weighted by Gasteiger charge is -2.30. The van der Waals surface area contributed by atoms with Crippen molar-refractivity contribution in [2.45, 2.75) is 25.5 Å². The maximum Gasteiger partial charge on any atom is 0.360 e. The molecule has 0 amide bonds. The predicted molar refractivity (Wildman–Crippen MR) is 72.8 cm³/mol. The normalized spacial score (nSPS) is 20.1. The van der Waals surface area contributed by atoms with Gasteiger partial charge in [-0.3, -0.25) is 0 Å². The van der Waals surface area contributed by atoms with E-state index in [9.17, 15) is 4.79 Å². The van der Waals surface area contributed by atoms with Gasteiger partial charge in [0.05, 0.1) is 37.4 Å². The Balaban J connectivity index is 2.10. The van der Waals surface area contributed by atoms with Crippen LogP contribution in [0.25, 0.3) is 0 Å². The fraction of sp³-hybridized carbons (Fsp3) is 0.750. The van der Waals surface area contributed by atoms with E-state index >= 15 is 0 Å². The van der Waals surface area contributed by atoms with Gasteiger partial charge in [0, 0.05) is 13.1 Å². The van der Waals surface area contributed by atoms with E-state index < -0.39 is 5.97 Å². The second-order valence-corrected chi connectivity index (χ2v) is 4.94. The monoisotopic (exact) mass is 302 g/mol. The second kappa shape index (κ2) is 7.01. The molecular formula is C12H19ClN4O3. The van der Waals surface area contributed by atoms with Gasteiger partial charge in [0.15, 0.2) is 5.69 Å². The smallest absolute Gasteiger partial charge is 0.360 e. The molecule has 1 fully saturated rings. The van der Waals surface area contributed by atoms with Crippen LogP contribution in [0.5, 0.6) is 0 Å². The molecular weight excluding hydrogens is 284 g/mol. The Bertz CT molecular complexity index is 466. The molecule has 1 aliphatic rings. The Kier molecular flexibility index (Phi) is 5.33. The van der Waals surface area contributed by atoms with Crippen molar-refractivity contribution in [1.82, 2.24) is 19.9 Å². The van der Waals surface area contributed by atoms with Crippen LogP contribution < -0.4 is 0 Å². The van der Waals surface area contributed by atoms with Crippen LogP contribution in [-0.4, -0.2) is 65.3 Å². The lowest BCUT2D eigenvalue weighted by atomic mass is 10.2. The molecule has 0 N–H and O–H groups in total. The number of hydrogen-bond donors (Lipinski definition) is 0. The second-order valence-electron chi connectivity index (χ2n) is 4.68. The van der Waals surface area contributed by atoms with E-state index in [0.717, 1.165) is 13.1 Å². The molecule has 1 aromatic heterocycles. The minimum atomic E-state index is -0.490. The van der Waals surface area contributed by atoms with Gasteiger partial charge in [-0.15, -0.1) is 16.7 Å². The van der Waals surface area contributed by atoms with E-state index in [0.29, 0.717) is 25.5 Å². The highest BCUT2D eigenvalue weighted by molar-refractivity contribution is 6.17. The number of carbonyl (C=O) groups is 1. The summed E-state index contributed by atoms with van der Waals surface area (Å²) >= 11 is 5.91. The summed E-state index contributed by atoms with van der Waals surface area (Å²) in [5.41, 5.74) is 0.757. The summed E-state index contributed by atoms with van der Waals surface area (Å²) in [6.45, 7) is 4.99. The van der Waals surface area contributed by atoms with Crippen LogP contribution in [0.1, 0.15) is 23.1 Å². The third kappa shape index (κ3) is 3.47. The number of rotatable bonds is 5. The number of ether oxygens (including phenoxy) is 2. The molecule has 8 heteroatoms. The molecule has 2 rings (SSSR count). The maximum absolute atomic E-state index is 11.7. The molecule has 0 aromatic carbocycles.